The standard InChI is InChI=1S/C9H18N4O4/c1-6(14)16-17-7(15)9(2,12)4-3-5-13-8(10)11/h3-5,12H2,1-2H3,(H4,10,11,13). The monoisotopic (exact) mass is 246 g/mol. The van der Waals surface area contributed by atoms with Crippen LogP contribution in [0.1, 0.15) is 26.7 Å². The second kappa shape index (κ2) is 6.69. The molecule has 0 aliphatic rings. The third-order valence-corrected chi connectivity index (χ3v) is 1.85. The lowest BCUT2D eigenvalue weighted by molar-refractivity contribution is -0.261. The minimum absolute atomic E-state index is 0.0220. The van der Waals surface area contributed by atoms with E-state index in [1.165, 1.54) is 6.92 Å². The van der Waals surface area contributed by atoms with Crippen LogP contribution in [0.15, 0.2) is 4.99 Å². The number of guanidine groups is 1. The van der Waals surface area contributed by atoms with E-state index in [0.29, 0.717) is 19.4 Å². The van der Waals surface area contributed by atoms with Crippen molar-refractivity contribution >= 4 is 17.9 Å². The number of nitrogens with zero attached hydrogens (tertiary/aromatic N) is 1. The number of carbonyl (C=O) groups excluding carboxylic acids is 2. The Morgan fingerprint density at radius 1 is 1.29 bits per heavy atom. The maximum Gasteiger partial charge on any atom is 0.374 e. The van der Waals surface area contributed by atoms with E-state index in [-0.39, 0.29) is 5.96 Å². The minimum Gasteiger partial charge on any atom is -0.370 e. The van der Waals surface area contributed by atoms with Gasteiger partial charge in [-0.3, -0.25) is 4.99 Å². The summed E-state index contributed by atoms with van der Waals surface area (Å²) in [6.07, 6.45) is 0.796. The van der Waals surface area contributed by atoms with Gasteiger partial charge in [-0.1, -0.05) is 0 Å². The van der Waals surface area contributed by atoms with Gasteiger partial charge in [0.05, 0.1) is 0 Å². The van der Waals surface area contributed by atoms with E-state index in [0.717, 1.165) is 6.92 Å². The molecule has 0 aliphatic heterocycles. The smallest absolute Gasteiger partial charge is 0.370 e. The van der Waals surface area contributed by atoms with Gasteiger partial charge in [0.1, 0.15) is 5.54 Å². The minimum atomic E-state index is -1.26. The Morgan fingerprint density at radius 2 is 1.88 bits per heavy atom. The van der Waals surface area contributed by atoms with Crippen LogP contribution in [0, 0.1) is 0 Å². The molecule has 0 rings (SSSR count). The van der Waals surface area contributed by atoms with Crippen LogP contribution in [0.4, 0.5) is 0 Å². The Morgan fingerprint density at radius 3 is 2.35 bits per heavy atom. The second-order valence-corrected chi connectivity index (χ2v) is 3.77. The third kappa shape index (κ3) is 7.12. The van der Waals surface area contributed by atoms with Gasteiger partial charge in [0.2, 0.25) is 0 Å². The van der Waals surface area contributed by atoms with E-state index in [9.17, 15) is 9.59 Å². The molecule has 0 aromatic carbocycles. The van der Waals surface area contributed by atoms with Gasteiger partial charge in [0.25, 0.3) is 0 Å². The number of hydrogen-bond donors (Lipinski definition) is 3. The molecule has 8 heteroatoms. The molecule has 1 unspecified atom stereocenters. The van der Waals surface area contributed by atoms with Crippen LogP contribution in [0.25, 0.3) is 0 Å². The molecule has 0 spiro atoms. The summed E-state index contributed by atoms with van der Waals surface area (Å²) in [6, 6.07) is 0. The van der Waals surface area contributed by atoms with Crippen LogP contribution in [-0.2, 0) is 19.4 Å². The van der Waals surface area contributed by atoms with Gasteiger partial charge in [-0.15, -0.1) is 0 Å². The van der Waals surface area contributed by atoms with E-state index in [1.54, 1.807) is 0 Å². The highest BCUT2D eigenvalue weighted by atomic mass is 17.2. The Bertz CT molecular complexity index is 310. The molecule has 98 valence electrons. The van der Waals surface area contributed by atoms with Crippen molar-refractivity contribution in [2.75, 3.05) is 6.54 Å². The highest BCUT2D eigenvalue weighted by Gasteiger charge is 2.31. The molecular weight excluding hydrogens is 228 g/mol. The summed E-state index contributed by atoms with van der Waals surface area (Å²) in [5.41, 5.74) is 14.7. The average Bonchev–Trinajstić information content (AvgIpc) is 2.20. The van der Waals surface area contributed by atoms with Crippen LogP contribution in [0.3, 0.4) is 0 Å². The van der Waals surface area contributed by atoms with E-state index in [4.69, 9.17) is 17.2 Å². The number of carbonyl (C=O) groups is 2. The molecule has 0 heterocycles. The molecule has 0 aromatic rings. The predicted molar refractivity (Wildman–Crippen MR) is 60.4 cm³/mol. The van der Waals surface area contributed by atoms with Gasteiger partial charge in [-0.25, -0.2) is 19.4 Å². The van der Waals surface area contributed by atoms with E-state index in [2.05, 4.69) is 14.8 Å². The fourth-order valence-corrected chi connectivity index (χ4v) is 0.948. The quantitative estimate of drug-likeness (QED) is 0.181. The van der Waals surface area contributed by atoms with E-state index in [1.807, 2.05) is 0 Å². The van der Waals surface area contributed by atoms with Gasteiger partial charge in [0, 0.05) is 13.5 Å². The SMILES string of the molecule is CC(=O)OOC(=O)C(C)(N)CCCN=C(N)N. The molecule has 0 aromatic heterocycles. The van der Waals surface area contributed by atoms with E-state index >= 15 is 0 Å². The Balaban J connectivity index is 4.04. The topological polar surface area (TPSA) is 143 Å². The molecule has 1 atom stereocenters. The lowest BCUT2D eigenvalue weighted by Gasteiger charge is -2.20. The van der Waals surface area contributed by atoms with Crippen LogP contribution in [0.5, 0.6) is 0 Å². The first-order valence-electron chi connectivity index (χ1n) is 4.99. The van der Waals surface area contributed by atoms with Gasteiger partial charge in [0.15, 0.2) is 5.96 Å². The zero-order valence-corrected chi connectivity index (χ0v) is 9.93. The summed E-state index contributed by atoms with van der Waals surface area (Å²) in [7, 11) is 0. The molecule has 6 N–H and O–H groups in total. The molecule has 0 aliphatic carbocycles. The molecule has 0 amide bonds. The lowest BCUT2D eigenvalue weighted by atomic mass is 9.98. The Kier molecular flexibility index (Phi) is 5.97. The van der Waals surface area contributed by atoms with Gasteiger partial charge in [-0.2, -0.15) is 0 Å². The molecule has 17 heavy (non-hydrogen) atoms. The first kappa shape index (κ1) is 15.2. The number of hydrogen-bond acceptors (Lipinski definition) is 6. The summed E-state index contributed by atoms with van der Waals surface area (Å²) < 4.78 is 0. The lowest BCUT2D eigenvalue weighted by Crippen LogP contribution is -2.46. The molecule has 0 bridgehead atoms. The predicted octanol–water partition coefficient (Wildman–Crippen LogP) is -1.22. The largest absolute Gasteiger partial charge is 0.374 e. The fourth-order valence-electron chi connectivity index (χ4n) is 0.948. The number of aliphatic imine (C=N–C) groups is 1. The van der Waals surface area contributed by atoms with Crippen molar-refractivity contribution < 1.29 is 19.4 Å². The third-order valence-electron chi connectivity index (χ3n) is 1.85. The molecule has 0 saturated carbocycles. The summed E-state index contributed by atoms with van der Waals surface area (Å²) in [6.45, 7) is 2.93. The van der Waals surface area contributed by atoms with Gasteiger partial charge >= 0.3 is 11.9 Å². The van der Waals surface area contributed by atoms with Crippen molar-refractivity contribution in [1.82, 2.24) is 0 Å². The summed E-state index contributed by atoms with van der Waals surface area (Å²) >= 11 is 0. The van der Waals surface area contributed by atoms with Crippen LogP contribution in [-0.4, -0.2) is 30.0 Å². The number of nitrogens with two attached hydrogens (primary N) is 3. The summed E-state index contributed by atoms with van der Waals surface area (Å²) in [5.74, 6) is -1.57. The molecular formula is C9H18N4O4. The van der Waals surface area contributed by atoms with Crippen LogP contribution in [0.2, 0.25) is 0 Å². The maximum atomic E-state index is 11.4. The van der Waals surface area contributed by atoms with Gasteiger partial charge < -0.3 is 17.2 Å². The zero-order valence-electron chi connectivity index (χ0n) is 9.93. The first-order valence-corrected chi connectivity index (χ1v) is 4.99. The number of rotatable bonds is 5. The highest BCUT2D eigenvalue weighted by Crippen LogP contribution is 2.11. The molecule has 8 nitrogen and oxygen atoms in total. The van der Waals surface area contributed by atoms with Gasteiger partial charge in [-0.05, 0) is 19.8 Å². The Labute approximate surface area is 99.1 Å². The summed E-state index contributed by atoms with van der Waals surface area (Å²) in [5, 5.41) is 0. The second-order valence-electron chi connectivity index (χ2n) is 3.77. The van der Waals surface area contributed by atoms with Crippen LogP contribution < -0.4 is 17.2 Å². The zero-order chi connectivity index (χ0) is 13.5. The average molecular weight is 246 g/mol. The fraction of sp³-hybridized carbons (Fsp3) is 0.667. The van der Waals surface area contributed by atoms with Crippen molar-refractivity contribution in [3.63, 3.8) is 0 Å². The maximum absolute atomic E-state index is 11.4. The molecule has 0 fully saturated rings. The first-order chi connectivity index (χ1) is 7.75. The van der Waals surface area contributed by atoms with Crippen molar-refractivity contribution in [1.29, 1.82) is 0 Å². The van der Waals surface area contributed by atoms with Crippen molar-refractivity contribution in [2.24, 2.45) is 22.2 Å². The van der Waals surface area contributed by atoms with Crippen molar-refractivity contribution in [3.8, 4) is 0 Å². The van der Waals surface area contributed by atoms with Crippen molar-refractivity contribution in [2.45, 2.75) is 32.2 Å². The summed E-state index contributed by atoms with van der Waals surface area (Å²) in [4.78, 5) is 33.9. The Hall–Kier alpha value is -1.83. The van der Waals surface area contributed by atoms with E-state index < -0.39 is 17.5 Å². The highest BCUT2D eigenvalue weighted by molar-refractivity contribution is 5.80. The van der Waals surface area contributed by atoms with Crippen molar-refractivity contribution in [3.05, 3.63) is 0 Å². The van der Waals surface area contributed by atoms with Crippen LogP contribution >= 0.6 is 0 Å². The normalized spacial score (nSPS) is 13.4. The molecule has 0 saturated heterocycles. The molecule has 0 radical (unpaired) electrons.